The third-order valence-electron chi connectivity index (χ3n) is 3.39. The van der Waals surface area contributed by atoms with Gasteiger partial charge < -0.3 is 18.5 Å². The van der Waals surface area contributed by atoms with E-state index in [1.54, 1.807) is 18.2 Å². The first-order valence-corrected chi connectivity index (χ1v) is 9.27. The predicted octanol–water partition coefficient (Wildman–Crippen LogP) is 3.93. The summed E-state index contributed by atoms with van der Waals surface area (Å²) in [5.41, 5.74) is 0.363. The third kappa shape index (κ3) is 5.65. The molecule has 0 heterocycles. The van der Waals surface area contributed by atoms with Gasteiger partial charge in [-0.3, -0.25) is 9.36 Å². The Morgan fingerprint density at radius 3 is 2.22 bits per heavy atom. The smallest absolute Gasteiger partial charge is 0.330 e. The van der Waals surface area contributed by atoms with Crippen LogP contribution >= 0.6 is 7.60 Å². The highest BCUT2D eigenvalue weighted by molar-refractivity contribution is 7.53. The summed E-state index contributed by atoms with van der Waals surface area (Å²) in [6, 6.07) is 5.13. The van der Waals surface area contributed by atoms with Gasteiger partial charge in [0.2, 0.25) is 0 Å². The van der Waals surface area contributed by atoms with Crippen LogP contribution in [0.15, 0.2) is 18.2 Å². The first-order valence-electron chi connectivity index (χ1n) is 7.54. The van der Waals surface area contributed by atoms with Gasteiger partial charge in [-0.05, 0) is 18.6 Å². The molecule has 0 N–H and O–H groups in total. The summed E-state index contributed by atoms with van der Waals surface area (Å²) in [5, 5.41) is 0. The van der Waals surface area contributed by atoms with Crippen LogP contribution in [0, 0.1) is 0 Å². The standard InChI is InChI=1S/C16H25O6P/c1-5-6-12-23(18,21-4)22-11-10-13(17)16-14(19-2)8-7-9-15(16)20-3/h7-9H,5-6,10-12H2,1-4H3. The fraction of sp³-hybridized carbons (Fsp3) is 0.562. The lowest BCUT2D eigenvalue weighted by Crippen LogP contribution is -2.09. The minimum Gasteiger partial charge on any atom is -0.496 e. The molecular weight excluding hydrogens is 319 g/mol. The monoisotopic (exact) mass is 344 g/mol. The van der Waals surface area contributed by atoms with Gasteiger partial charge >= 0.3 is 7.60 Å². The van der Waals surface area contributed by atoms with E-state index >= 15 is 0 Å². The lowest BCUT2D eigenvalue weighted by atomic mass is 10.1. The molecular formula is C16H25O6P. The van der Waals surface area contributed by atoms with E-state index in [1.807, 2.05) is 6.92 Å². The Morgan fingerprint density at radius 2 is 1.74 bits per heavy atom. The molecule has 1 rings (SSSR count). The number of carbonyl (C=O) groups is 1. The van der Waals surface area contributed by atoms with Crippen molar-refractivity contribution in [3.63, 3.8) is 0 Å². The van der Waals surface area contributed by atoms with Crippen molar-refractivity contribution < 1.29 is 27.9 Å². The number of unbranched alkanes of at least 4 members (excludes halogenated alkanes) is 1. The molecule has 0 fully saturated rings. The molecule has 0 spiro atoms. The van der Waals surface area contributed by atoms with Crippen LogP contribution in [0.3, 0.4) is 0 Å². The molecule has 6 nitrogen and oxygen atoms in total. The summed E-state index contributed by atoms with van der Waals surface area (Å²) < 4.78 is 33.1. The Bertz CT molecular complexity index is 535. The summed E-state index contributed by atoms with van der Waals surface area (Å²) in [4.78, 5) is 12.4. The van der Waals surface area contributed by atoms with E-state index in [0.29, 0.717) is 23.2 Å². The minimum absolute atomic E-state index is 0.0227. The zero-order valence-electron chi connectivity index (χ0n) is 14.2. The Hall–Kier alpha value is -1.36. The van der Waals surface area contributed by atoms with Crippen molar-refractivity contribution in [2.75, 3.05) is 34.1 Å². The largest absolute Gasteiger partial charge is 0.496 e. The van der Waals surface area contributed by atoms with E-state index in [0.717, 1.165) is 12.8 Å². The number of hydrogen-bond donors (Lipinski definition) is 0. The predicted molar refractivity (Wildman–Crippen MR) is 88.8 cm³/mol. The quantitative estimate of drug-likeness (QED) is 0.447. The number of carbonyl (C=O) groups excluding carboxylic acids is 1. The Balaban J connectivity index is 2.72. The maximum absolute atomic E-state index is 12.4. The number of ether oxygens (including phenoxy) is 2. The molecule has 0 aliphatic heterocycles. The molecule has 0 radical (unpaired) electrons. The van der Waals surface area contributed by atoms with Crippen molar-refractivity contribution >= 4 is 13.4 Å². The van der Waals surface area contributed by atoms with Crippen LogP contribution < -0.4 is 9.47 Å². The van der Waals surface area contributed by atoms with Crippen molar-refractivity contribution in [3.05, 3.63) is 23.8 Å². The third-order valence-corrected chi connectivity index (χ3v) is 5.38. The second kappa shape index (κ2) is 9.71. The van der Waals surface area contributed by atoms with Crippen LogP contribution in [0.25, 0.3) is 0 Å². The number of Topliss-reactive ketones (excluding diaryl/α,β-unsaturated/α-hetero) is 1. The Kier molecular flexibility index (Phi) is 8.31. The van der Waals surface area contributed by atoms with Gasteiger partial charge in [0.25, 0.3) is 0 Å². The fourth-order valence-electron chi connectivity index (χ4n) is 2.09. The highest BCUT2D eigenvalue weighted by Crippen LogP contribution is 2.48. The van der Waals surface area contributed by atoms with Gasteiger partial charge in [-0.15, -0.1) is 0 Å². The van der Waals surface area contributed by atoms with E-state index in [9.17, 15) is 9.36 Å². The summed E-state index contributed by atoms with van der Waals surface area (Å²) in [6.45, 7) is 2.02. The van der Waals surface area contributed by atoms with Gasteiger partial charge in [-0.1, -0.05) is 19.4 Å². The number of methoxy groups -OCH3 is 2. The van der Waals surface area contributed by atoms with Crippen molar-refractivity contribution in [2.24, 2.45) is 0 Å². The number of rotatable bonds is 11. The average Bonchev–Trinajstić information content (AvgIpc) is 2.58. The first-order chi connectivity index (χ1) is 11.0. The molecule has 1 unspecified atom stereocenters. The van der Waals surface area contributed by atoms with E-state index in [2.05, 4.69) is 0 Å². The summed E-state index contributed by atoms with van der Waals surface area (Å²) in [7, 11) is 1.23. The van der Waals surface area contributed by atoms with Crippen molar-refractivity contribution in [2.45, 2.75) is 26.2 Å². The molecule has 0 saturated heterocycles. The van der Waals surface area contributed by atoms with Crippen LogP contribution in [0.4, 0.5) is 0 Å². The maximum atomic E-state index is 12.4. The lowest BCUT2D eigenvalue weighted by molar-refractivity contribution is 0.0952. The van der Waals surface area contributed by atoms with Crippen LogP contribution in [0.5, 0.6) is 11.5 Å². The highest BCUT2D eigenvalue weighted by atomic mass is 31.2. The number of hydrogen-bond acceptors (Lipinski definition) is 6. The Morgan fingerprint density at radius 1 is 1.13 bits per heavy atom. The van der Waals surface area contributed by atoms with E-state index < -0.39 is 7.60 Å². The zero-order chi connectivity index (χ0) is 17.3. The molecule has 0 aliphatic carbocycles. The van der Waals surface area contributed by atoms with Crippen molar-refractivity contribution in [1.29, 1.82) is 0 Å². The molecule has 0 bridgehead atoms. The molecule has 0 aromatic heterocycles. The van der Waals surface area contributed by atoms with Gasteiger partial charge in [-0.25, -0.2) is 0 Å². The van der Waals surface area contributed by atoms with Gasteiger partial charge in [0.05, 0.1) is 27.0 Å². The van der Waals surface area contributed by atoms with Crippen molar-refractivity contribution in [1.82, 2.24) is 0 Å². The first kappa shape index (κ1) is 19.7. The van der Waals surface area contributed by atoms with Crippen LogP contribution in [-0.4, -0.2) is 39.9 Å². The molecule has 1 aromatic rings. The molecule has 0 amide bonds. The molecule has 0 saturated carbocycles. The van der Waals surface area contributed by atoms with Crippen LogP contribution in [0.2, 0.25) is 0 Å². The van der Waals surface area contributed by atoms with E-state index in [1.165, 1.54) is 21.3 Å². The molecule has 130 valence electrons. The topological polar surface area (TPSA) is 71.1 Å². The lowest BCUT2D eigenvalue weighted by Gasteiger charge is -2.16. The molecule has 1 atom stereocenters. The SMILES string of the molecule is CCCCP(=O)(OC)OCCC(=O)c1c(OC)cccc1OC. The van der Waals surface area contributed by atoms with Crippen LogP contribution in [0.1, 0.15) is 36.5 Å². The summed E-state index contributed by atoms with van der Waals surface area (Å²) in [5.74, 6) is 0.683. The molecule has 0 aliphatic rings. The van der Waals surface area contributed by atoms with Crippen LogP contribution in [-0.2, 0) is 13.6 Å². The van der Waals surface area contributed by atoms with E-state index in [4.69, 9.17) is 18.5 Å². The second-order valence-corrected chi connectivity index (χ2v) is 7.21. The molecule has 7 heteroatoms. The average molecular weight is 344 g/mol. The normalized spacial score (nSPS) is 13.4. The van der Waals surface area contributed by atoms with Gasteiger partial charge in [0, 0.05) is 13.5 Å². The minimum atomic E-state index is -3.12. The summed E-state index contributed by atoms with van der Waals surface area (Å²) in [6.07, 6.45) is 2.07. The highest BCUT2D eigenvalue weighted by Gasteiger charge is 2.24. The van der Waals surface area contributed by atoms with E-state index in [-0.39, 0.29) is 18.8 Å². The molecule has 1 aromatic carbocycles. The number of ketones is 1. The van der Waals surface area contributed by atoms with Gasteiger partial charge in [-0.2, -0.15) is 0 Å². The zero-order valence-corrected chi connectivity index (χ0v) is 15.1. The van der Waals surface area contributed by atoms with Gasteiger partial charge in [0.15, 0.2) is 5.78 Å². The molecule has 23 heavy (non-hydrogen) atoms. The van der Waals surface area contributed by atoms with Crippen molar-refractivity contribution in [3.8, 4) is 11.5 Å². The maximum Gasteiger partial charge on any atom is 0.330 e. The fourth-order valence-corrected chi connectivity index (χ4v) is 3.58. The Labute approximate surface area is 137 Å². The second-order valence-electron chi connectivity index (χ2n) is 4.91. The number of benzene rings is 1. The van der Waals surface area contributed by atoms with Gasteiger partial charge in [0.1, 0.15) is 17.1 Å². The summed E-state index contributed by atoms with van der Waals surface area (Å²) >= 11 is 0.